The average molecular weight is 147 g/mol. The van der Waals surface area contributed by atoms with Crippen molar-refractivity contribution in [1.82, 2.24) is 0 Å². The summed E-state index contributed by atoms with van der Waals surface area (Å²) in [6.07, 6.45) is 20.0. The van der Waals surface area contributed by atoms with E-state index in [0.29, 0.717) is 0 Å². The third-order valence-electron chi connectivity index (χ3n) is 1.74. The fourth-order valence-corrected chi connectivity index (χ4v) is 1.09. The van der Waals surface area contributed by atoms with Gasteiger partial charge in [0.2, 0.25) is 0 Å². The van der Waals surface area contributed by atoms with Gasteiger partial charge in [-0.25, -0.2) is 0 Å². The van der Waals surface area contributed by atoms with Gasteiger partial charge in [-0.1, -0.05) is 30.4 Å². The zero-order valence-electron chi connectivity index (χ0n) is 6.92. The second-order valence-electron chi connectivity index (χ2n) is 2.76. The lowest BCUT2D eigenvalue weighted by Gasteiger charge is -1.90. The maximum atomic E-state index is 3.14. The van der Waals surface area contributed by atoms with E-state index in [9.17, 15) is 0 Å². The summed E-state index contributed by atoms with van der Waals surface area (Å²) in [5.74, 6) is 0. The number of hydrogen-bond donors (Lipinski definition) is 0. The lowest BCUT2D eigenvalue weighted by Crippen LogP contribution is -1.71. The molecule has 0 N–H and O–H groups in total. The topological polar surface area (TPSA) is 0 Å². The van der Waals surface area contributed by atoms with Crippen LogP contribution in [0.4, 0.5) is 0 Å². The first-order chi connectivity index (χ1) is 5.50. The summed E-state index contributed by atoms with van der Waals surface area (Å²) in [4.78, 5) is 0. The van der Waals surface area contributed by atoms with Gasteiger partial charge in [0, 0.05) is 0 Å². The quantitative estimate of drug-likeness (QED) is 0.460. The highest BCUT2D eigenvalue weighted by Crippen LogP contribution is 2.03. The summed E-state index contributed by atoms with van der Waals surface area (Å²) in [5, 5.41) is 0. The Labute approximate surface area is 69.3 Å². The Kier molecular flexibility index (Phi) is 4.51. The molecule has 59 valence electrons. The van der Waals surface area contributed by atoms with Crippen LogP contribution in [0.25, 0.3) is 0 Å². The molecule has 0 unspecified atom stereocenters. The molecule has 1 radical (unpaired) electrons. The maximum absolute atomic E-state index is 3.14. The first-order valence-corrected chi connectivity index (χ1v) is 4.38. The summed E-state index contributed by atoms with van der Waals surface area (Å²) >= 11 is 0. The average Bonchev–Trinajstić information content (AvgIpc) is 2.08. The fourth-order valence-electron chi connectivity index (χ4n) is 1.09. The van der Waals surface area contributed by atoms with Crippen LogP contribution in [0.15, 0.2) is 30.4 Å². The van der Waals surface area contributed by atoms with Crippen molar-refractivity contribution in [3.05, 3.63) is 36.5 Å². The molecule has 1 aliphatic rings. The molecule has 11 heavy (non-hydrogen) atoms. The normalized spacial score (nSPS) is 19.6. The van der Waals surface area contributed by atoms with Gasteiger partial charge in [-0.2, -0.15) is 0 Å². The minimum absolute atomic E-state index is 1.06. The molecule has 0 aromatic carbocycles. The van der Waals surface area contributed by atoms with E-state index in [2.05, 4.69) is 30.4 Å². The molecule has 0 aromatic heterocycles. The van der Waals surface area contributed by atoms with Crippen molar-refractivity contribution < 1.29 is 0 Å². The molecule has 0 saturated heterocycles. The van der Waals surface area contributed by atoms with Crippen LogP contribution in [0.5, 0.6) is 0 Å². The van der Waals surface area contributed by atoms with Gasteiger partial charge in [0.05, 0.1) is 0 Å². The van der Waals surface area contributed by atoms with E-state index in [4.69, 9.17) is 0 Å². The van der Waals surface area contributed by atoms with Crippen LogP contribution < -0.4 is 0 Å². The van der Waals surface area contributed by atoms with Gasteiger partial charge < -0.3 is 0 Å². The lowest BCUT2D eigenvalue weighted by molar-refractivity contribution is 0.761. The number of rotatable bonds is 0. The highest BCUT2D eigenvalue weighted by Gasteiger charge is 1.83. The third-order valence-corrected chi connectivity index (χ3v) is 1.74. The Hall–Kier alpha value is -0.780. The SMILES string of the molecule is [C]1=CCCCCC=CCC=C1. The molecule has 0 fully saturated rings. The second-order valence-corrected chi connectivity index (χ2v) is 2.76. The largest absolute Gasteiger partial charge is 0.0882 e. The van der Waals surface area contributed by atoms with Gasteiger partial charge in [-0.3, -0.25) is 0 Å². The van der Waals surface area contributed by atoms with Gasteiger partial charge in [0.1, 0.15) is 0 Å². The van der Waals surface area contributed by atoms with Gasteiger partial charge in [0.15, 0.2) is 0 Å². The molecule has 1 rings (SSSR count). The van der Waals surface area contributed by atoms with Crippen molar-refractivity contribution in [3.8, 4) is 0 Å². The van der Waals surface area contributed by atoms with E-state index in [1.54, 1.807) is 0 Å². The summed E-state index contributed by atoms with van der Waals surface area (Å²) in [6, 6.07) is 0. The van der Waals surface area contributed by atoms with Crippen LogP contribution in [0.2, 0.25) is 0 Å². The van der Waals surface area contributed by atoms with Crippen molar-refractivity contribution >= 4 is 0 Å². The van der Waals surface area contributed by atoms with Crippen LogP contribution in [0.1, 0.15) is 32.1 Å². The Morgan fingerprint density at radius 3 is 2.82 bits per heavy atom. The minimum Gasteiger partial charge on any atom is -0.0882 e. The van der Waals surface area contributed by atoms with E-state index in [-0.39, 0.29) is 0 Å². The van der Waals surface area contributed by atoms with Gasteiger partial charge in [-0.15, -0.1) is 0 Å². The summed E-state index contributed by atoms with van der Waals surface area (Å²) in [7, 11) is 0. The van der Waals surface area contributed by atoms with Gasteiger partial charge in [-0.05, 0) is 38.2 Å². The summed E-state index contributed by atoms with van der Waals surface area (Å²) in [6.45, 7) is 0. The van der Waals surface area contributed by atoms with E-state index in [1.165, 1.54) is 25.7 Å². The smallest absolute Gasteiger partial charge is 0.0166 e. The van der Waals surface area contributed by atoms with E-state index in [0.717, 1.165) is 6.42 Å². The molecule has 0 aromatic rings. The van der Waals surface area contributed by atoms with Crippen molar-refractivity contribution in [2.45, 2.75) is 32.1 Å². The maximum Gasteiger partial charge on any atom is -0.0166 e. The first-order valence-electron chi connectivity index (χ1n) is 4.38. The minimum atomic E-state index is 1.06. The molecule has 0 bridgehead atoms. The molecule has 0 heteroatoms. The molecule has 0 aliphatic heterocycles. The van der Waals surface area contributed by atoms with Crippen molar-refractivity contribution in [2.75, 3.05) is 0 Å². The van der Waals surface area contributed by atoms with Crippen molar-refractivity contribution in [2.24, 2.45) is 0 Å². The number of allylic oxidation sites excluding steroid dienone is 6. The monoisotopic (exact) mass is 147 g/mol. The Bertz CT molecular complexity index is 161. The zero-order chi connectivity index (χ0) is 7.78. The molecule has 1 aliphatic carbocycles. The Morgan fingerprint density at radius 1 is 0.909 bits per heavy atom. The molecular weight excluding hydrogens is 132 g/mol. The molecular formula is C11H15. The van der Waals surface area contributed by atoms with Crippen molar-refractivity contribution in [1.29, 1.82) is 0 Å². The molecule has 0 spiro atoms. The highest BCUT2D eigenvalue weighted by atomic mass is 13.9. The van der Waals surface area contributed by atoms with E-state index in [1.807, 2.05) is 6.08 Å². The van der Waals surface area contributed by atoms with Crippen LogP contribution in [0.3, 0.4) is 0 Å². The van der Waals surface area contributed by atoms with Gasteiger partial charge in [0.25, 0.3) is 0 Å². The predicted molar refractivity (Wildman–Crippen MR) is 49.2 cm³/mol. The first kappa shape index (κ1) is 8.32. The summed E-state index contributed by atoms with van der Waals surface area (Å²) in [5.41, 5.74) is 0. The van der Waals surface area contributed by atoms with Crippen LogP contribution in [-0.4, -0.2) is 0 Å². The molecule has 0 heterocycles. The van der Waals surface area contributed by atoms with Crippen LogP contribution >= 0.6 is 0 Å². The van der Waals surface area contributed by atoms with Crippen LogP contribution in [-0.2, 0) is 0 Å². The number of hydrogen-bond acceptors (Lipinski definition) is 0. The third kappa shape index (κ3) is 4.60. The standard InChI is InChI=1S/C11H15/c1-2-4-6-8-10-11-9-7-5-3-1/h1-2,5,7,11H,3-4,6,8,10H2. The van der Waals surface area contributed by atoms with Crippen LogP contribution in [0, 0.1) is 6.08 Å². The zero-order valence-corrected chi connectivity index (χ0v) is 6.92. The molecule has 0 saturated carbocycles. The van der Waals surface area contributed by atoms with E-state index >= 15 is 0 Å². The predicted octanol–water partition coefficient (Wildman–Crippen LogP) is 3.42. The summed E-state index contributed by atoms with van der Waals surface area (Å²) < 4.78 is 0. The second kappa shape index (κ2) is 5.96. The molecule has 0 nitrogen and oxygen atoms in total. The van der Waals surface area contributed by atoms with E-state index < -0.39 is 0 Å². The molecule has 0 atom stereocenters. The Balaban J connectivity index is 2.35. The van der Waals surface area contributed by atoms with Crippen molar-refractivity contribution in [3.63, 3.8) is 0 Å². The lowest BCUT2D eigenvalue weighted by atomic mass is 10.2. The highest BCUT2D eigenvalue weighted by molar-refractivity contribution is 5.00. The Morgan fingerprint density at radius 2 is 1.82 bits per heavy atom. The van der Waals surface area contributed by atoms with Gasteiger partial charge >= 0.3 is 0 Å². The fraction of sp³-hybridized carbons (Fsp3) is 0.455. The molecule has 0 amide bonds.